The van der Waals surface area contributed by atoms with Crippen LogP contribution >= 0.6 is 0 Å². The minimum Gasteiger partial charge on any atom is -0.491 e. The Morgan fingerprint density at radius 3 is 2.65 bits per heavy atom. The second kappa shape index (κ2) is 6.57. The fourth-order valence-corrected chi connectivity index (χ4v) is 2.48. The van der Waals surface area contributed by atoms with E-state index in [1.54, 1.807) is 0 Å². The number of aromatic amines is 1. The number of fused-ring (bicyclic) bond motifs is 1. The van der Waals surface area contributed by atoms with Crippen LogP contribution < -0.4 is 10.1 Å². The van der Waals surface area contributed by atoms with E-state index < -0.39 is 0 Å². The number of hydrogen-bond donors (Lipinski definition) is 2. The molecule has 118 valence electrons. The van der Waals surface area contributed by atoms with Gasteiger partial charge in [-0.05, 0) is 61.2 Å². The zero-order chi connectivity index (χ0) is 16.2. The first-order valence-electron chi connectivity index (χ1n) is 7.73. The molecule has 23 heavy (non-hydrogen) atoms. The van der Waals surface area contributed by atoms with Crippen LogP contribution in [0.2, 0.25) is 0 Å². The molecule has 4 nitrogen and oxygen atoms in total. The smallest absolute Gasteiger partial charge is 0.228 e. The van der Waals surface area contributed by atoms with E-state index >= 15 is 0 Å². The van der Waals surface area contributed by atoms with Gasteiger partial charge >= 0.3 is 0 Å². The van der Waals surface area contributed by atoms with Gasteiger partial charge in [0.05, 0.1) is 12.5 Å². The summed E-state index contributed by atoms with van der Waals surface area (Å²) in [5.41, 5.74) is 2.80. The third-order valence-corrected chi connectivity index (χ3v) is 3.49. The number of rotatable bonds is 5. The van der Waals surface area contributed by atoms with E-state index in [4.69, 9.17) is 4.74 Å². The molecule has 1 amide bonds. The zero-order valence-corrected chi connectivity index (χ0v) is 13.3. The minimum atomic E-state index is -0.0339. The van der Waals surface area contributed by atoms with Crippen molar-refractivity contribution in [1.29, 1.82) is 0 Å². The monoisotopic (exact) mass is 308 g/mol. The summed E-state index contributed by atoms with van der Waals surface area (Å²) < 4.78 is 5.59. The Bertz CT molecular complexity index is 804. The van der Waals surface area contributed by atoms with Crippen LogP contribution in [0.4, 0.5) is 5.69 Å². The van der Waals surface area contributed by atoms with Gasteiger partial charge in [-0.15, -0.1) is 0 Å². The summed E-state index contributed by atoms with van der Waals surface area (Å²) in [7, 11) is 0. The van der Waals surface area contributed by atoms with Gasteiger partial charge in [-0.25, -0.2) is 0 Å². The number of anilines is 1. The second-order valence-electron chi connectivity index (χ2n) is 5.82. The first-order valence-corrected chi connectivity index (χ1v) is 7.73. The third-order valence-electron chi connectivity index (χ3n) is 3.49. The fraction of sp³-hybridized carbons (Fsp3) is 0.211. The summed E-state index contributed by atoms with van der Waals surface area (Å²) in [6.07, 6.45) is 2.38. The lowest BCUT2D eigenvalue weighted by Crippen LogP contribution is -2.14. The average molecular weight is 308 g/mol. The van der Waals surface area contributed by atoms with Crippen LogP contribution in [-0.2, 0) is 11.2 Å². The molecule has 0 aliphatic heterocycles. The molecule has 0 saturated heterocycles. The number of aromatic nitrogens is 1. The molecule has 0 saturated carbocycles. The zero-order valence-electron chi connectivity index (χ0n) is 13.3. The van der Waals surface area contributed by atoms with E-state index in [1.807, 2.05) is 68.6 Å². The molecule has 0 aliphatic rings. The Morgan fingerprint density at radius 2 is 1.91 bits per heavy atom. The van der Waals surface area contributed by atoms with E-state index in [9.17, 15) is 4.79 Å². The van der Waals surface area contributed by atoms with Crippen molar-refractivity contribution in [3.63, 3.8) is 0 Å². The first-order chi connectivity index (χ1) is 11.1. The van der Waals surface area contributed by atoms with Crippen molar-refractivity contribution in [2.75, 3.05) is 5.32 Å². The molecule has 0 fully saturated rings. The molecule has 0 radical (unpaired) electrons. The topological polar surface area (TPSA) is 54.1 Å². The quantitative estimate of drug-likeness (QED) is 0.744. The largest absolute Gasteiger partial charge is 0.491 e. The molecule has 1 heterocycles. The van der Waals surface area contributed by atoms with Crippen molar-refractivity contribution < 1.29 is 9.53 Å². The van der Waals surface area contributed by atoms with Crippen LogP contribution in [0.15, 0.2) is 54.7 Å². The number of hydrogen-bond acceptors (Lipinski definition) is 2. The van der Waals surface area contributed by atoms with E-state index in [2.05, 4.69) is 10.3 Å². The molecular weight excluding hydrogens is 288 g/mol. The minimum absolute atomic E-state index is 0.0339. The summed E-state index contributed by atoms with van der Waals surface area (Å²) in [4.78, 5) is 15.3. The van der Waals surface area contributed by atoms with Gasteiger partial charge < -0.3 is 15.0 Å². The maximum atomic E-state index is 12.2. The molecule has 2 N–H and O–H groups in total. The number of carbonyl (C=O) groups is 1. The van der Waals surface area contributed by atoms with Crippen LogP contribution in [0.1, 0.15) is 19.4 Å². The molecule has 0 bridgehead atoms. The lowest BCUT2D eigenvalue weighted by atomic mass is 10.1. The maximum Gasteiger partial charge on any atom is 0.228 e. The van der Waals surface area contributed by atoms with E-state index in [0.29, 0.717) is 6.42 Å². The molecule has 0 spiro atoms. The van der Waals surface area contributed by atoms with Crippen LogP contribution in [0.5, 0.6) is 5.75 Å². The number of carbonyl (C=O) groups excluding carboxylic acids is 1. The Labute approximate surface area is 135 Å². The van der Waals surface area contributed by atoms with Gasteiger partial charge in [0.1, 0.15) is 5.75 Å². The Morgan fingerprint density at radius 1 is 1.13 bits per heavy atom. The van der Waals surface area contributed by atoms with Gasteiger partial charge in [-0.1, -0.05) is 12.1 Å². The summed E-state index contributed by atoms with van der Waals surface area (Å²) in [6.45, 7) is 3.97. The molecule has 2 aromatic carbocycles. The van der Waals surface area contributed by atoms with Crippen molar-refractivity contribution in [1.82, 2.24) is 4.98 Å². The molecule has 1 aromatic heterocycles. The van der Waals surface area contributed by atoms with Gasteiger partial charge in [0.25, 0.3) is 0 Å². The lowest BCUT2D eigenvalue weighted by molar-refractivity contribution is -0.115. The van der Waals surface area contributed by atoms with Crippen molar-refractivity contribution in [3.05, 3.63) is 60.3 Å². The van der Waals surface area contributed by atoms with Crippen molar-refractivity contribution >= 4 is 22.5 Å². The number of nitrogens with one attached hydrogen (secondary N) is 2. The highest BCUT2D eigenvalue weighted by Gasteiger charge is 2.06. The predicted molar refractivity (Wildman–Crippen MR) is 92.8 cm³/mol. The maximum absolute atomic E-state index is 12.2. The summed E-state index contributed by atoms with van der Waals surface area (Å²) >= 11 is 0. The van der Waals surface area contributed by atoms with Crippen LogP contribution in [-0.4, -0.2) is 17.0 Å². The molecule has 4 heteroatoms. The first kappa shape index (κ1) is 15.2. The number of amides is 1. The van der Waals surface area contributed by atoms with Crippen molar-refractivity contribution in [2.24, 2.45) is 0 Å². The molecule has 3 rings (SSSR count). The highest BCUT2D eigenvalue weighted by Crippen LogP contribution is 2.18. The summed E-state index contributed by atoms with van der Waals surface area (Å²) in [5, 5.41) is 4.06. The second-order valence-corrected chi connectivity index (χ2v) is 5.82. The van der Waals surface area contributed by atoms with E-state index in [0.717, 1.165) is 27.9 Å². The van der Waals surface area contributed by atoms with Gasteiger partial charge in [0.2, 0.25) is 5.91 Å². The van der Waals surface area contributed by atoms with Gasteiger partial charge in [0.15, 0.2) is 0 Å². The SMILES string of the molecule is CC(C)Oc1ccc(NC(=O)Cc2ccc3cc[nH]c3c2)cc1. The van der Waals surface area contributed by atoms with Gasteiger partial charge in [0, 0.05) is 17.4 Å². The Hall–Kier alpha value is -2.75. The molecular formula is C19H20N2O2. The number of H-pyrrole nitrogens is 1. The van der Waals surface area contributed by atoms with Gasteiger partial charge in [-0.2, -0.15) is 0 Å². The van der Waals surface area contributed by atoms with Crippen LogP contribution in [0, 0.1) is 0 Å². The molecule has 0 aliphatic carbocycles. The standard InChI is InChI=1S/C19H20N2O2/c1-13(2)23-17-7-5-16(6-8-17)21-19(22)12-14-3-4-15-9-10-20-18(15)11-14/h3-11,13,20H,12H2,1-2H3,(H,21,22). The third kappa shape index (κ3) is 3.92. The summed E-state index contributed by atoms with van der Waals surface area (Å²) in [6, 6.07) is 15.4. The Kier molecular flexibility index (Phi) is 4.33. The van der Waals surface area contributed by atoms with Crippen LogP contribution in [0.3, 0.4) is 0 Å². The highest BCUT2D eigenvalue weighted by atomic mass is 16.5. The average Bonchev–Trinajstić information content (AvgIpc) is 2.96. The number of ether oxygens (including phenoxy) is 1. The molecule has 0 unspecified atom stereocenters. The lowest BCUT2D eigenvalue weighted by Gasteiger charge is -2.10. The predicted octanol–water partition coefficient (Wildman–Crippen LogP) is 4.14. The van der Waals surface area contributed by atoms with Crippen LogP contribution in [0.25, 0.3) is 10.9 Å². The molecule has 0 atom stereocenters. The highest BCUT2D eigenvalue weighted by molar-refractivity contribution is 5.93. The van der Waals surface area contributed by atoms with Crippen molar-refractivity contribution in [2.45, 2.75) is 26.4 Å². The normalized spacial score (nSPS) is 10.9. The number of benzene rings is 2. The molecule has 3 aromatic rings. The van der Waals surface area contributed by atoms with E-state index in [-0.39, 0.29) is 12.0 Å². The Balaban J connectivity index is 1.62. The van der Waals surface area contributed by atoms with E-state index in [1.165, 1.54) is 0 Å². The summed E-state index contributed by atoms with van der Waals surface area (Å²) in [5.74, 6) is 0.767. The fourth-order valence-electron chi connectivity index (χ4n) is 2.48. The van der Waals surface area contributed by atoms with Gasteiger partial charge in [-0.3, -0.25) is 4.79 Å². The van der Waals surface area contributed by atoms with Crippen molar-refractivity contribution in [3.8, 4) is 5.75 Å².